The van der Waals surface area contributed by atoms with Crippen LogP contribution in [0, 0.1) is 0 Å². The second kappa shape index (κ2) is 4.66. The largest absolute Gasteiger partial charge is 0.349 e. The van der Waals surface area contributed by atoms with Crippen LogP contribution in [0.15, 0.2) is 48.7 Å². The molecular weight excluding hydrogens is 248 g/mol. The maximum atomic E-state index is 5.89. The van der Waals surface area contributed by atoms with Crippen molar-refractivity contribution in [3.05, 3.63) is 59.2 Å². The second-order valence-electron chi connectivity index (χ2n) is 3.92. The zero-order valence-electron chi connectivity index (χ0n) is 9.55. The molecule has 1 N–H and O–H groups in total. The number of rotatable bonds is 3. The summed E-state index contributed by atoms with van der Waals surface area (Å²) in [5.41, 5.74) is 1.96. The normalized spacial score (nSPS) is 10.7. The van der Waals surface area contributed by atoms with Gasteiger partial charge in [-0.2, -0.15) is 4.98 Å². The highest BCUT2D eigenvalue weighted by Gasteiger charge is 2.03. The molecular formula is C13H11ClN4. The van der Waals surface area contributed by atoms with E-state index in [1.165, 1.54) is 5.56 Å². The SMILES string of the molecule is Clc1ccc2nc(NCc3ccccc3)nn2c1. The van der Waals surface area contributed by atoms with E-state index >= 15 is 0 Å². The Labute approximate surface area is 109 Å². The molecule has 3 rings (SSSR count). The summed E-state index contributed by atoms with van der Waals surface area (Å²) in [4.78, 5) is 4.35. The molecule has 3 aromatic rings. The van der Waals surface area contributed by atoms with Crippen molar-refractivity contribution in [1.82, 2.24) is 14.6 Å². The first-order chi connectivity index (χ1) is 8.81. The molecule has 0 amide bonds. The van der Waals surface area contributed by atoms with Gasteiger partial charge in [0, 0.05) is 12.7 Å². The number of benzene rings is 1. The molecule has 2 aromatic heterocycles. The molecule has 0 bridgehead atoms. The third-order valence-electron chi connectivity index (χ3n) is 2.59. The molecule has 4 nitrogen and oxygen atoms in total. The van der Waals surface area contributed by atoms with Gasteiger partial charge in [-0.15, -0.1) is 5.10 Å². The molecule has 1 aromatic carbocycles. The fourth-order valence-corrected chi connectivity index (χ4v) is 1.87. The fourth-order valence-electron chi connectivity index (χ4n) is 1.71. The van der Waals surface area contributed by atoms with E-state index in [1.807, 2.05) is 24.3 Å². The van der Waals surface area contributed by atoms with Crippen LogP contribution >= 0.6 is 11.6 Å². The lowest BCUT2D eigenvalue weighted by atomic mass is 10.2. The van der Waals surface area contributed by atoms with Crippen LogP contribution in [0.5, 0.6) is 0 Å². The molecule has 0 saturated carbocycles. The number of nitrogens with zero attached hydrogens (tertiary/aromatic N) is 3. The maximum absolute atomic E-state index is 5.89. The molecule has 0 aliphatic rings. The summed E-state index contributed by atoms with van der Waals surface area (Å²) < 4.78 is 1.66. The quantitative estimate of drug-likeness (QED) is 0.785. The number of hydrogen-bond acceptors (Lipinski definition) is 3. The Balaban J connectivity index is 1.79. The van der Waals surface area contributed by atoms with Crippen LogP contribution in [0.2, 0.25) is 5.02 Å². The highest BCUT2D eigenvalue weighted by atomic mass is 35.5. The van der Waals surface area contributed by atoms with E-state index in [0.29, 0.717) is 17.5 Å². The molecule has 0 aliphatic heterocycles. The Hall–Kier alpha value is -2.07. The number of pyridine rings is 1. The van der Waals surface area contributed by atoms with Crippen molar-refractivity contribution in [2.24, 2.45) is 0 Å². The minimum absolute atomic E-state index is 0.598. The van der Waals surface area contributed by atoms with Crippen LogP contribution < -0.4 is 5.32 Å². The van der Waals surface area contributed by atoms with Crippen molar-refractivity contribution in [3.8, 4) is 0 Å². The molecule has 0 radical (unpaired) electrons. The molecule has 0 unspecified atom stereocenters. The average molecular weight is 259 g/mol. The second-order valence-corrected chi connectivity index (χ2v) is 4.36. The highest BCUT2D eigenvalue weighted by Crippen LogP contribution is 2.12. The van der Waals surface area contributed by atoms with Crippen molar-refractivity contribution in [2.45, 2.75) is 6.54 Å². The molecule has 0 spiro atoms. The molecule has 0 atom stereocenters. The van der Waals surface area contributed by atoms with Crippen LogP contribution in [-0.2, 0) is 6.54 Å². The minimum Gasteiger partial charge on any atom is -0.349 e. The van der Waals surface area contributed by atoms with Crippen molar-refractivity contribution in [3.63, 3.8) is 0 Å². The lowest BCUT2D eigenvalue weighted by Crippen LogP contribution is -2.00. The van der Waals surface area contributed by atoms with E-state index < -0.39 is 0 Å². The third-order valence-corrected chi connectivity index (χ3v) is 2.81. The minimum atomic E-state index is 0.598. The van der Waals surface area contributed by atoms with Crippen LogP contribution in [0.1, 0.15) is 5.56 Å². The third kappa shape index (κ3) is 2.28. The number of fused-ring (bicyclic) bond motifs is 1. The predicted octanol–water partition coefficient (Wildman–Crippen LogP) is 2.99. The van der Waals surface area contributed by atoms with Gasteiger partial charge in [0.25, 0.3) is 0 Å². The van der Waals surface area contributed by atoms with Gasteiger partial charge in [0.1, 0.15) is 0 Å². The summed E-state index contributed by atoms with van der Waals surface area (Å²) in [6.45, 7) is 0.700. The number of aromatic nitrogens is 3. The van der Waals surface area contributed by atoms with Crippen LogP contribution in [0.25, 0.3) is 5.65 Å². The number of hydrogen-bond donors (Lipinski definition) is 1. The zero-order valence-corrected chi connectivity index (χ0v) is 10.3. The Morgan fingerprint density at radius 2 is 1.94 bits per heavy atom. The Morgan fingerprint density at radius 1 is 1.11 bits per heavy atom. The number of anilines is 1. The van der Waals surface area contributed by atoms with Crippen molar-refractivity contribution in [2.75, 3.05) is 5.32 Å². The first kappa shape index (κ1) is 11.0. The topological polar surface area (TPSA) is 42.2 Å². The van der Waals surface area contributed by atoms with Gasteiger partial charge >= 0.3 is 0 Å². The summed E-state index contributed by atoms with van der Waals surface area (Å²) in [6, 6.07) is 13.8. The molecule has 0 aliphatic carbocycles. The summed E-state index contributed by atoms with van der Waals surface area (Å²) >= 11 is 5.89. The number of halogens is 1. The van der Waals surface area contributed by atoms with E-state index in [2.05, 4.69) is 27.5 Å². The van der Waals surface area contributed by atoms with E-state index in [9.17, 15) is 0 Å². The van der Waals surface area contributed by atoms with Crippen LogP contribution in [-0.4, -0.2) is 14.6 Å². The van der Waals surface area contributed by atoms with E-state index in [0.717, 1.165) is 5.65 Å². The smallest absolute Gasteiger partial charge is 0.243 e. The Kier molecular flexibility index (Phi) is 2.86. The maximum Gasteiger partial charge on any atom is 0.243 e. The highest BCUT2D eigenvalue weighted by molar-refractivity contribution is 6.30. The van der Waals surface area contributed by atoms with Gasteiger partial charge in [-0.05, 0) is 17.7 Å². The predicted molar refractivity (Wildman–Crippen MR) is 71.8 cm³/mol. The Morgan fingerprint density at radius 3 is 2.78 bits per heavy atom. The van der Waals surface area contributed by atoms with Gasteiger partial charge < -0.3 is 5.32 Å². The molecule has 5 heteroatoms. The summed E-state index contributed by atoms with van der Waals surface area (Å²) in [7, 11) is 0. The van der Waals surface area contributed by atoms with Gasteiger partial charge in [0.15, 0.2) is 5.65 Å². The standard InChI is InChI=1S/C13H11ClN4/c14-11-6-7-12-16-13(17-18(12)9-11)15-8-10-4-2-1-3-5-10/h1-7,9H,8H2,(H,15,17). The van der Waals surface area contributed by atoms with Crippen molar-refractivity contribution < 1.29 is 0 Å². The fraction of sp³-hybridized carbons (Fsp3) is 0.0769. The average Bonchev–Trinajstić information content (AvgIpc) is 2.79. The summed E-state index contributed by atoms with van der Waals surface area (Å²) in [6.07, 6.45) is 1.73. The molecule has 0 saturated heterocycles. The van der Waals surface area contributed by atoms with Gasteiger partial charge in [0.2, 0.25) is 5.95 Å². The van der Waals surface area contributed by atoms with Crippen molar-refractivity contribution in [1.29, 1.82) is 0 Å². The number of nitrogens with one attached hydrogen (secondary N) is 1. The van der Waals surface area contributed by atoms with Crippen LogP contribution in [0.3, 0.4) is 0 Å². The van der Waals surface area contributed by atoms with Gasteiger partial charge in [-0.1, -0.05) is 41.9 Å². The van der Waals surface area contributed by atoms with Crippen LogP contribution in [0.4, 0.5) is 5.95 Å². The lowest BCUT2D eigenvalue weighted by Gasteiger charge is -2.00. The molecule has 90 valence electrons. The monoisotopic (exact) mass is 258 g/mol. The first-order valence-electron chi connectivity index (χ1n) is 5.61. The van der Waals surface area contributed by atoms with E-state index in [4.69, 9.17) is 11.6 Å². The van der Waals surface area contributed by atoms with E-state index in [1.54, 1.807) is 16.8 Å². The molecule has 0 fully saturated rings. The molecule has 2 heterocycles. The first-order valence-corrected chi connectivity index (χ1v) is 5.99. The molecule has 18 heavy (non-hydrogen) atoms. The van der Waals surface area contributed by atoms with Gasteiger partial charge in [-0.25, -0.2) is 4.52 Å². The summed E-state index contributed by atoms with van der Waals surface area (Å²) in [5, 5.41) is 8.12. The Bertz CT molecular complexity index is 663. The van der Waals surface area contributed by atoms with Gasteiger partial charge in [-0.3, -0.25) is 0 Å². The van der Waals surface area contributed by atoms with Gasteiger partial charge in [0.05, 0.1) is 5.02 Å². The lowest BCUT2D eigenvalue weighted by molar-refractivity contribution is 0.950. The zero-order chi connectivity index (χ0) is 12.4. The van der Waals surface area contributed by atoms with Crippen molar-refractivity contribution >= 4 is 23.2 Å². The van der Waals surface area contributed by atoms with E-state index in [-0.39, 0.29) is 0 Å². The summed E-state index contributed by atoms with van der Waals surface area (Å²) in [5.74, 6) is 0.598.